The van der Waals surface area contributed by atoms with Crippen molar-refractivity contribution in [2.45, 2.75) is 39.0 Å². The molecule has 122 valence electrons. The number of Topliss-reactive ketones (excluding diaryl/α,β-unsaturated/α-hetero) is 1. The smallest absolute Gasteiger partial charge is 0.311 e. The van der Waals surface area contributed by atoms with Crippen LogP contribution in [0.4, 0.5) is 0 Å². The molecule has 0 bridgehead atoms. The van der Waals surface area contributed by atoms with E-state index >= 15 is 0 Å². The average molecular weight is 316 g/mol. The normalized spacial score (nSPS) is 23.3. The number of rotatable bonds is 2. The second-order valence-corrected chi connectivity index (χ2v) is 6.94. The van der Waals surface area contributed by atoms with Gasteiger partial charge in [0.1, 0.15) is 5.76 Å². The van der Waals surface area contributed by atoms with Crippen LogP contribution in [0.25, 0.3) is 0 Å². The van der Waals surface area contributed by atoms with E-state index in [0.717, 1.165) is 5.56 Å². The van der Waals surface area contributed by atoms with Crippen LogP contribution in [-0.4, -0.2) is 24.0 Å². The molecule has 1 aliphatic heterocycles. The van der Waals surface area contributed by atoms with Crippen LogP contribution in [-0.2, 0) is 14.3 Å². The van der Waals surface area contributed by atoms with Gasteiger partial charge in [0.05, 0.1) is 13.5 Å². The summed E-state index contributed by atoms with van der Waals surface area (Å²) in [6.45, 7) is 3.98. The van der Waals surface area contributed by atoms with Crippen LogP contribution < -0.4 is 4.74 Å². The van der Waals surface area contributed by atoms with Crippen molar-refractivity contribution in [3.63, 3.8) is 0 Å². The van der Waals surface area contributed by atoms with Crippen molar-refractivity contribution in [2.24, 2.45) is 5.41 Å². The van der Waals surface area contributed by atoms with Gasteiger partial charge >= 0.3 is 5.97 Å². The molecule has 1 aromatic carbocycles. The molecule has 23 heavy (non-hydrogen) atoms. The van der Waals surface area contributed by atoms with Crippen LogP contribution in [0.1, 0.15) is 44.6 Å². The van der Waals surface area contributed by atoms with Gasteiger partial charge in [-0.3, -0.25) is 9.59 Å². The highest BCUT2D eigenvalue weighted by molar-refractivity contribution is 6.00. The third-order valence-corrected chi connectivity index (χ3v) is 4.44. The number of carbonyl (C=O) groups excluding carboxylic acids is 2. The lowest BCUT2D eigenvalue weighted by atomic mass is 9.71. The summed E-state index contributed by atoms with van der Waals surface area (Å²) in [7, 11) is 1.47. The van der Waals surface area contributed by atoms with Crippen LogP contribution in [0, 0.1) is 5.41 Å². The SMILES string of the molecule is COc1ccc(C2CC(=O)OC3=C2C(=O)CC(C)(C)C3)cc1O. The van der Waals surface area contributed by atoms with Crippen molar-refractivity contribution in [1.29, 1.82) is 0 Å². The summed E-state index contributed by atoms with van der Waals surface area (Å²) in [4.78, 5) is 24.6. The molecule has 0 spiro atoms. The van der Waals surface area contributed by atoms with Crippen molar-refractivity contribution in [3.05, 3.63) is 35.1 Å². The van der Waals surface area contributed by atoms with Gasteiger partial charge in [0.2, 0.25) is 0 Å². The van der Waals surface area contributed by atoms with Crippen LogP contribution >= 0.6 is 0 Å². The Hall–Kier alpha value is -2.30. The Kier molecular flexibility index (Phi) is 3.66. The monoisotopic (exact) mass is 316 g/mol. The summed E-state index contributed by atoms with van der Waals surface area (Å²) >= 11 is 0. The highest BCUT2D eigenvalue weighted by Gasteiger charge is 2.42. The lowest BCUT2D eigenvalue weighted by Crippen LogP contribution is -2.33. The van der Waals surface area contributed by atoms with E-state index in [4.69, 9.17) is 9.47 Å². The van der Waals surface area contributed by atoms with Crippen molar-refractivity contribution in [3.8, 4) is 11.5 Å². The Morgan fingerprint density at radius 1 is 1.26 bits per heavy atom. The molecule has 0 saturated carbocycles. The zero-order valence-electron chi connectivity index (χ0n) is 13.5. The van der Waals surface area contributed by atoms with E-state index in [1.807, 2.05) is 13.8 Å². The topological polar surface area (TPSA) is 72.8 Å². The van der Waals surface area contributed by atoms with E-state index in [1.165, 1.54) is 7.11 Å². The van der Waals surface area contributed by atoms with Crippen molar-refractivity contribution < 1.29 is 24.2 Å². The fourth-order valence-corrected chi connectivity index (χ4v) is 3.41. The van der Waals surface area contributed by atoms with E-state index in [9.17, 15) is 14.7 Å². The first kappa shape index (κ1) is 15.6. The average Bonchev–Trinajstić information content (AvgIpc) is 2.44. The van der Waals surface area contributed by atoms with E-state index in [-0.39, 0.29) is 35.3 Å². The third-order valence-electron chi connectivity index (χ3n) is 4.44. The van der Waals surface area contributed by atoms with E-state index in [0.29, 0.717) is 29.9 Å². The summed E-state index contributed by atoms with van der Waals surface area (Å²) in [5.41, 5.74) is 1.09. The van der Waals surface area contributed by atoms with E-state index in [1.54, 1.807) is 18.2 Å². The molecule has 5 heteroatoms. The zero-order valence-corrected chi connectivity index (χ0v) is 13.5. The number of ether oxygens (including phenoxy) is 2. The Labute approximate surface area is 134 Å². The fourth-order valence-electron chi connectivity index (χ4n) is 3.41. The minimum atomic E-state index is -0.369. The number of allylic oxidation sites excluding steroid dienone is 2. The molecule has 0 fully saturated rings. The van der Waals surface area contributed by atoms with Gasteiger partial charge < -0.3 is 14.6 Å². The molecule has 2 aliphatic rings. The molecular formula is C18H20O5. The molecule has 1 heterocycles. The lowest BCUT2D eigenvalue weighted by Gasteiger charge is -2.36. The number of aromatic hydroxyl groups is 1. The number of hydrogen-bond donors (Lipinski definition) is 1. The highest BCUT2D eigenvalue weighted by atomic mass is 16.5. The van der Waals surface area contributed by atoms with Crippen molar-refractivity contribution in [2.75, 3.05) is 7.11 Å². The molecule has 1 aliphatic carbocycles. The highest BCUT2D eigenvalue weighted by Crippen LogP contribution is 2.46. The quantitative estimate of drug-likeness (QED) is 0.849. The van der Waals surface area contributed by atoms with Crippen LogP contribution in [0.15, 0.2) is 29.5 Å². The number of benzene rings is 1. The van der Waals surface area contributed by atoms with Gasteiger partial charge in [0, 0.05) is 24.3 Å². The van der Waals surface area contributed by atoms with Gasteiger partial charge in [0.25, 0.3) is 0 Å². The summed E-state index contributed by atoms with van der Waals surface area (Å²) in [5, 5.41) is 9.99. The second kappa shape index (κ2) is 5.41. The molecular weight excluding hydrogens is 296 g/mol. The van der Waals surface area contributed by atoms with Crippen molar-refractivity contribution >= 4 is 11.8 Å². The number of ketones is 1. The van der Waals surface area contributed by atoms with Gasteiger partial charge in [0.15, 0.2) is 17.3 Å². The Morgan fingerprint density at radius 2 is 2.00 bits per heavy atom. The van der Waals surface area contributed by atoms with Gasteiger partial charge in [-0.25, -0.2) is 0 Å². The van der Waals surface area contributed by atoms with Crippen LogP contribution in [0.3, 0.4) is 0 Å². The number of esters is 1. The van der Waals surface area contributed by atoms with E-state index in [2.05, 4.69) is 0 Å². The van der Waals surface area contributed by atoms with Crippen molar-refractivity contribution in [1.82, 2.24) is 0 Å². The molecule has 0 saturated heterocycles. The minimum Gasteiger partial charge on any atom is -0.504 e. The number of phenols is 1. The summed E-state index contributed by atoms with van der Waals surface area (Å²) in [5.74, 6) is 0.153. The summed E-state index contributed by atoms with van der Waals surface area (Å²) in [6, 6.07) is 4.97. The molecule has 1 N–H and O–H groups in total. The summed E-state index contributed by atoms with van der Waals surface area (Å²) in [6.07, 6.45) is 1.11. The molecule has 1 atom stereocenters. The lowest BCUT2D eigenvalue weighted by molar-refractivity contribution is -0.142. The molecule has 5 nitrogen and oxygen atoms in total. The van der Waals surface area contributed by atoms with Crippen LogP contribution in [0.2, 0.25) is 0 Å². The standard InChI is InChI=1S/C18H20O5/c1-18(2)8-13(20)17-11(7-16(21)23-15(17)9-18)10-4-5-14(22-3)12(19)6-10/h4-6,11,19H,7-9H2,1-3H3. The Morgan fingerprint density at radius 3 is 2.65 bits per heavy atom. The minimum absolute atomic E-state index is 0.00493. The number of carbonyl (C=O) groups is 2. The van der Waals surface area contributed by atoms with Crippen LogP contribution in [0.5, 0.6) is 11.5 Å². The maximum atomic E-state index is 12.6. The summed E-state index contributed by atoms with van der Waals surface area (Å²) < 4.78 is 10.4. The van der Waals surface area contributed by atoms with E-state index < -0.39 is 0 Å². The molecule has 1 unspecified atom stereocenters. The number of hydrogen-bond acceptors (Lipinski definition) is 5. The molecule has 0 radical (unpaired) electrons. The first-order chi connectivity index (χ1) is 10.8. The Balaban J connectivity index is 2.06. The maximum absolute atomic E-state index is 12.6. The zero-order chi connectivity index (χ0) is 16.8. The molecule has 0 aromatic heterocycles. The maximum Gasteiger partial charge on any atom is 0.311 e. The van der Waals surface area contributed by atoms with Gasteiger partial charge in [-0.1, -0.05) is 19.9 Å². The largest absolute Gasteiger partial charge is 0.504 e. The van der Waals surface area contributed by atoms with Gasteiger partial charge in [-0.15, -0.1) is 0 Å². The van der Waals surface area contributed by atoms with Gasteiger partial charge in [-0.05, 0) is 23.1 Å². The molecule has 3 rings (SSSR count). The fraction of sp³-hybridized carbons (Fsp3) is 0.444. The first-order valence-corrected chi connectivity index (χ1v) is 7.64. The predicted molar refractivity (Wildman–Crippen MR) is 83.2 cm³/mol. The Bertz CT molecular complexity index is 714. The second-order valence-electron chi connectivity index (χ2n) is 6.94. The van der Waals surface area contributed by atoms with Gasteiger partial charge in [-0.2, -0.15) is 0 Å². The molecule has 1 aromatic rings. The molecule has 0 amide bonds. The predicted octanol–water partition coefficient (Wildman–Crippen LogP) is 3.07. The third kappa shape index (κ3) is 2.83. The number of methoxy groups -OCH3 is 1. The number of phenolic OH excluding ortho intramolecular Hbond substituents is 1. The first-order valence-electron chi connectivity index (χ1n) is 7.64.